The van der Waals surface area contributed by atoms with Gasteiger partial charge in [-0.3, -0.25) is 4.79 Å². The van der Waals surface area contributed by atoms with E-state index in [0.29, 0.717) is 37.8 Å². The summed E-state index contributed by atoms with van der Waals surface area (Å²) in [5.74, 6) is 2.99. The van der Waals surface area contributed by atoms with Crippen molar-refractivity contribution in [1.82, 2.24) is 24.6 Å². The number of aryl methyl sites for hydroxylation is 1. The summed E-state index contributed by atoms with van der Waals surface area (Å²) in [4.78, 5) is 25.8. The molecule has 1 atom stereocenters. The van der Waals surface area contributed by atoms with Gasteiger partial charge in [0.05, 0.1) is 0 Å². The fraction of sp³-hybridized carbons (Fsp3) is 0.333. The van der Waals surface area contributed by atoms with Crippen LogP contribution >= 0.6 is 0 Å². The van der Waals surface area contributed by atoms with Crippen LogP contribution in [0.2, 0.25) is 0 Å². The first-order valence-corrected chi connectivity index (χ1v) is 9.71. The lowest BCUT2D eigenvalue weighted by atomic mass is 10.2. The summed E-state index contributed by atoms with van der Waals surface area (Å²) in [5.41, 5.74) is 0. The zero-order valence-corrected chi connectivity index (χ0v) is 16.6. The SMILES string of the molecule is Cc1nc(N2CCN(C(=O)C(C)Oc3ccccc3)CC2)cc(-n2cccn2)n1. The number of amides is 1. The molecule has 8 nitrogen and oxygen atoms in total. The highest BCUT2D eigenvalue weighted by molar-refractivity contribution is 5.81. The number of anilines is 1. The maximum Gasteiger partial charge on any atom is 0.263 e. The van der Waals surface area contributed by atoms with Crippen LogP contribution in [0.3, 0.4) is 0 Å². The van der Waals surface area contributed by atoms with Crippen LogP contribution in [0.15, 0.2) is 54.9 Å². The molecule has 2 aromatic heterocycles. The van der Waals surface area contributed by atoms with E-state index in [1.807, 2.05) is 60.5 Å². The van der Waals surface area contributed by atoms with Gasteiger partial charge in [0.15, 0.2) is 11.9 Å². The molecule has 1 aliphatic heterocycles. The quantitative estimate of drug-likeness (QED) is 0.662. The summed E-state index contributed by atoms with van der Waals surface area (Å²) in [6.45, 7) is 6.34. The molecule has 0 aliphatic carbocycles. The Kier molecular flexibility index (Phi) is 5.41. The lowest BCUT2D eigenvalue weighted by Gasteiger charge is -2.36. The maximum absolute atomic E-state index is 12.8. The van der Waals surface area contributed by atoms with E-state index in [0.717, 1.165) is 11.6 Å². The predicted octanol–water partition coefficient (Wildman–Crippen LogP) is 2.09. The first-order chi connectivity index (χ1) is 14.1. The molecule has 3 heterocycles. The van der Waals surface area contributed by atoms with Crippen molar-refractivity contribution >= 4 is 11.7 Å². The van der Waals surface area contributed by atoms with Crippen molar-refractivity contribution in [1.29, 1.82) is 0 Å². The molecule has 1 aliphatic rings. The Bertz CT molecular complexity index is 953. The van der Waals surface area contributed by atoms with Crippen molar-refractivity contribution in [3.8, 4) is 11.6 Å². The van der Waals surface area contributed by atoms with Gasteiger partial charge in [-0.05, 0) is 32.0 Å². The third-order valence-electron chi connectivity index (χ3n) is 4.87. The second-order valence-corrected chi connectivity index (χ2v) is 6.97. The van der Waals surface area contributed by atoms with Gasteiger partial charge in [-0.2, -0.15) is 5.10 Å². The topological polar surface area (TPSA) is 76.4 Å². The fourth-order valence-corrected chi connectivity index (χ4v) is 3.39. The van der Waals surface area contributed by atoms with Crippen LogP contribution in [0, 0.1) is 6.92 Å². The van der Waals surface area contributed by atoms with Gasteiger partial charge < -0.3 is 14.5 Å². The van der Waals surface area contributed by atoms with Crippen molar-refractivity contribution in [3.63, 3.8) is 0 Å². The fourth-order valence-electron chi connectivity index (χ4n) is 3.39. The van der Waals surface area contributed by atoms with Gasteiger partial charge in [0.2, 0.25) is 0 Å². The molecule has 1 saturated heterocycles. The molecule has 8 heteroatoms. The highest BCUT2D eigenvalue weighted by Gasteiger charge is 2.27. The van der Waals surface area contributed by atoms with Crippen LogP contribution in [0.5, 0.6) is 5.75 Å². The van der Waals surface area contributed by atoms with Crippen LogP contribution in [0.4, 0.5) is 5.82 Å². The summed E-state index contributed by atoms with van der Waals surface area (Å²) in [5, 5.41) is 4.24. The molecule has 0 bridgehead atoms. The first-order valence-electron chi connectivity index (χ1n) is 9.71. The van der Waals surface area contributed by atoms with Gasteiger partial charge in [-0.25, -0.2) is 14.6 Å². The van der Waals surface area contributed by atoms with Crippen LogP contribution in [0.1, 0.15) is 12.7 Å². The third kappa shape index (κ3) is 4.37. The van der Waals surface area contributed by atoms with Crippen LogP contribution in [0.25, 0.3) is 5.82 Å². The van der Waals surface area contributed by atoms with Crippen molar-refractivity contribution < 1.29 is 9.53 Å². The smallest absolute Gasteiger partial charge is 0.263 e. The number of aromatic nitrogens is 4. The Morgan fingerprint density at radius 1 is 1.03 bits per heavy atom. The predicted molar refractivity (Wildman–Crippen MR) is 109 cm³/mol. The summed E-state index contributed by atoms with van der Waals surface area (Å²) >= 11 is 0. The lowest BCUT2D eigenvalue weighted by molar-refractivity contribution is -0.138. The van der Waals surface area contributed by atoms with E-state index in [9.17, 15) is 4.79 Å². The summed E-state index contributed by atoms with van der Waals surface area (Å²) < 4.78 is 7.50. The van der Waals surface area contributed by atoms with E-state index in [1.54, 1.807) is 17.8 Å². The standard InChI is InChI=1S/C21H24N6O2/c1-16(29-18-7-4-3-5-8-18)21(28)26-13-11-25(12-14-26)19-15-20(24-17(2)23-19)27-10-6-9-22-27/h3-10,15-16H,11-14H2,1-2H3. The number of benzene rings is 1. The molecule has 1 fully saturated rings. The number of carbonyl (C=O) groups excluding carboxylic acids is 1. The van der Waals surface area contributed by atoms with Gasteiger partial charge in [-0.15, -0.1) is 0 Å². The zero-order valence-electron chi connectivity index (χ0n) is 16.6. The van der Waals surface area contributed by atoms with Gasteiger partial charge in [-0.1, -0.05) is 18.2 Å². The van der Waals surface area contributed by atoms with Crippen LogP contribution in [-0.4, -0.2) is 62.8 Å². The molecule has 0 saturated carbocycles. The molecule has 0 radical (unpaired) electrons. The van der Waals surface area contributed by atoms with Gasteiger partial charge in [0.1, 0.15) is 17.4 Å². The lowest BCUT2D eigenvalue weighted by Crippen LogP contribution is -2.52. The molecule has 0 spiro atoms. The van der Waals surface area contributed by atoms with Gasteiger partial charge >= 0.3 is 0 Å². The summed E-state index contributed by atoms with van der Waals surface area (Å²) in [7, 11) is 0. The van der Waals surface area contributed by atoms with E-state index in [2.05, 4.69) is 20.0 Å². The molecule has 1 aromatic carbocycles. The largest absolute Gasteiger partial charge is 0.481 e. The van der Waals surface area contributed by atoms with Crippen LogP contribution < -0.4 is 9.64 Å². The Hall–Kier alpha value is -3.42. The molecule has 3 aromatic rings. The maximum atomic E-state index is 12.8. The van der Waals surface area contributed by atoms with E-state index in [-0.39, 0.29) is 5.91 Å². The highest BCUT2D eigenvalue weighted by Crippen LogP contribution is 2.18. The summed E-state index contributed by atoms with van der Waals surface area (Å²) in [6, 6.07) is 13.2. The number of carbonyl (C=O) groups is 1. The number of nitrogens with zero attached hydrogens (tertiary/aromatic N) is 6. The van der Waals surface area contributed by atoms with E-state index in [4.69, 9.17) is 4.74 Å². The average molecular weight is 392 g/mol. The molecule has 29 heavy (non-hydrogen) atoms. The number of rotatable bonds is 5. The van der Waals surface area contributed by atoms with Crippen molar-refractivity contribution in [2.45, 2.75) is 20.0 Å². The van der Waals surface area contributed by atoms with Gasteiger partial charge in [0, 0.05) is 44.6 Å². The van der Waals surface area contributed by atoms with E-state index < -0.39 is 6.10 Å². The molecular weight excluding hydrogens is 368 g/mol. The number of hydrogen-bond acceptors (Lipinski definition) is 6. The molecule has 1 amide bonds. The van der Waals surface area contributed by atoms with E-state index in [1.165, 1.54) is 0 Å². The average Bonchev–Trinajstić information content (AvgIpc) is 3.29. The number of piperazine rings is 1. The number of ether oxygens (including phenoxy) is 1. The molecular formula is C21H24N6O2. The summed E-state index contributed by atoms with van der Waals surface area (Å²) in [6.07, 6.45) is 3.06. The van der Waals surface area contributed by atoms with Crippen molar-refractivity contribution in [2.24, 2.45) is 0 Å². The van der Waals surface area contributed by atoms with Crippen molar-refractivity contribution in [2.75, 3.05) is 31.1 Å². The van der Waals surface area contributed by atoms with Crippen molar-refractivity contribution in [3.05, 3.63) is 60.7 Å². The first kappa shape index (κ1) is 18.9. The number of para-hydroxylation sites is 1. The minimum atomic E-state index is -0.517. The molecule has 150 valence electrons. The zero-order chi connectivity index (χ0) is 20.2. The van der Waals surface area contributed by atoms with Gasteiger partial charge in [0.25, 0.3) is 5.91 Å². The van der Waals surface area contributed by atoms with E-state index >= 15 is 0 Å². The second kappa shape index (κ2) is 8.30. The van der Waals surface area contributed by atoms with Crippen LogP contribution in [-0.2, 0) is 4.79 Å². The third-order valence-corrected chi connectivity index (χ3v) is 4.87. The normalized spacial score (nSPS) is 15.2. The molecule has 0 N–H and O–H groups in total. The molecule has 1 unspecified atom stereocenters. The number of hydrogen-bond donors (Lipinski definition) is 0. The highest BCUT2D eigenvalue weighted by atomic mass is 16.5. The monoisotopic (exact) mass is 392 g/mol. The Morgan fingerprint density at radius 3 is 2.45 bits per heavy atom. The Labute approximate surface area is 169 Å². The second-order valence-electron chi connectivity index (χ2n) is 6.97. The molecule has 4 rings (SSSR count). The minimum Gasteiger partial charge on any atom is -0.481 e. The Morgan fingerprint density at radius 2 is 1.76 bits per heavy atom. The minimum absolute atomic E-state index is 0.00426. The Balaban J connectivity index is 1.39.